The smallest absolute Gasteiger partial charge is 0.224 e. The lowest BCUT2D eigenvalue weighted by molar-refractivity contribution is -0.120. The van der Waals surface area contributed by atoms with Gasteiger partial charge < -0.3 is 5.73 Å². The summed E-state index contributed by atoms with van der Waals surface area (Å²) in [6, 6.07) is 0. The van der Waals surface area contributed by atoms with Crippen LogP contribution in [-0.4, -0.2) is 12.6 Å². The van der Waals surface area contributed by atoms with Gasteiger partial charge in [-0.2, -0.15) is 0 Å². The second kappa shape index (κ2) is 3.83. The van der Waals surface area contributed by atoms with Gasteiger partial charge in [-0.25, -0.2) is 0 Å². The number of primary amides is 1. The van der Waals surface area contributed by atoms with Gasteiger partial charge in [0.1, 0.15) is 0 Å². The van der Waals surface area contributed by atoms with Gasteiger partial charge in [0.25, 0.3) is 0 Å². The third-order valence-corrected chi connectivity index (χ3v) is 0.929. The summed E-state index contributed by atoms with van der Waals surface area (Å²) in [5.74, 6) is -0.606. The van der Waals surface area contributed by atoms with E-state index in [9.17, 15) is 4.79 Å². The Bertz CT molecular complexity index is 140. The van der Waals surface area contributed by atoms with Crippen LogP contribution < -0.4 is 5.73 Å². The Morgan fingerprint density at radius 3 is 2.78 bits per heavy atom. The summed E-state index contributed by atoms with van der Waals surface area (Å²) < 4.78 is 0. The Balaban J connectivity index is 3.75. The molecule has 1 unspecified atom stereocenters. The van der Waals surface area contributed by atoms with Crippen molar-refractivity contribution in [3.63, 3.8) is 0 Å². The van der Waals surface area contributed by atoms with Crippen LogP contribution in [0.4, 0.5) is 0 Å². The Kier molecular flexibility index (Phi) is 3.35. The summed E-state index contributed by atoms with van der Waals surface area (Å²) >= 11 is 0. The molecule has 1 amide bonds. The number of nitrogens with two attached hydrogens (primary N) is 1. The molecule has 2 N–H and O–H groups in total. The molecule has 3 nitrogen and oxygen atoms in total. The summed E-state index contributed by atoms with van der Waals surface area (Å²) in [5.41, 5.74) is 4.92. The lowest BCUT2D eigenvalue weighted by Crippen LogP contribution is -2.18. The van der Waals surface area contributed by atoms with E-state index in [1.54, 1.807) is 13.0 Å². The van der Waals surface area contributed by atoms with E-state index in [4.69, 9.17) is 5.73 Å². The molecule has 0 fully saturated rings. The Morgan fingerprint density at radius 2 is 2.44 bits per heavy atom. The van der Waals surface area contributed by atoms with E-state index in [2.05, 4.69) is 11.7 Å². The molecule has 0 bridgehead atoms. The summed E-state index contributed by atoms with van der Waals surface area (Å²) in [6.07, 6.45) is 3.05. The second-order valence-electron chi connectivity index (χ2n) is 1.72. The zero-order valence-electron chi connectivity index (χ0n) is 5.37. The molecule has 0 saturated carbocycles. The van der Waals surface area contributed by atoms with Crippen LogP contribution in [0.1, 0.15) is 6.92 Å². The van der Waals surface area contributed by atoms with Gasteiger partial charge in [-0.05, 0) is 6.72 Å². The van der Waals surface area contributed by atoms with Gasteiger partial charge in [-0.15, -0.1) is 0 Å². The molecule has 0 aliphatic carbocycles. The van der Waals surface area contributed by atoms with Crippen molar-refractivity contribution < 1.29 is 4.79 Å². The molecule has 0 saturated heterocycles. The SMILES string of the molecule is C=N/C=C\C(C)C(N)=O. The van der Waals surface area contributed by atoms with Crippen molar-refractivity contribution in [3.8, 4) is 0 Å². The van der Waals surface area contributed by atoms with Gasteiger partial charge in [0, 0.05) is 6.20 Å². The molecule has 0 aliphatic heterocycles. The minimum Gasteiger partial charge on any atom is -0.369 e. The average Bonchev–Trinajstić information content (AvgIpc) is 1.82. The Morgan fingerprint density at radius 1 is 1.89 bits per heavy atom. The van der Waals surface area contributed by atoms with E-state index in [1.165, 1.54) is 6.20 Å². The minimum atomic E-state index is -0.352. The quantitative estimate of drug-likeness (QED) is 0.544. The normalized spacial score (nSPS) is 13.4. The molecular formula is C6H10N2O. The van der Waals surface area contributed by atoms with Crippen LogP contribution in [0, 0.1) is 5.92 Å². The number of rotatable bonds is 3. The minimum absolute atomic E-state index is 0.254. The summed E-state index contributed by atoms with van der Waals surface area (Å²) in [6.45, 7) is 4.90. The third kappa shape index (κ3) is 3.46. The van der Waals surface area contributed by atoms with Gasteiger partial charge in [0.15, 0.2) is 0 Å². The molecule has 0 radical (unpaired) electrons. The maximum Gasteiger partial charge on any atom is 0.224 e. The van der Waals surface area contributed by atoms with Crippen molar-refractivity contribution in [1.82, 2.24) is 0 Å². The standard InChI is InChI=1S/C6H10N2O/c1-5(6(7)9)3-4-8-2/h3-5H,2H2,1H3,(H2,7,9)/b4-3-. The molecule has 0 rings (SSSR count). The fraction of sp³-hybridized carbons (Fsp3) is 0.333. The van der Waals surface area contributed by atoms with Crippen molar-refractivity contribution in [2.75, 3.05) is 0 Å². The molecule has 0 aromatic carbocycles. The average molecular weight is 126 g/mol. The largest absolute Gasteiger partial charge is 0.369 e. The fourth-order valence-corrected chi connectivity index (χ4v) is 0.285. The molecule has 9 heavy (non-hydrogen) atoms. The van der Waals surface area contributed by atoms with Crippen LogP contribution in [0.3, 0.4) is 0 Å². The lowest BCUT2D eigenvalue weighted by atomic mass is 10.2. The van der Waals surface area contributed by atoms with Crippen molar-refractivity contribution in [3.05, 3.63) is 12.3 Å². The van der Waals surface area contributed by atoms with Gasteiger partial charge in [-0.3, -0.25) is 9.79 Å². The summed E-state index contributed by atoms with van der Waals surface area (Å²) in [5, 5.41) is 0. The van der Waals surface area contributed by atoms with Crippen LogP contribution in [0.2, 0.25) is 0 Å². The van der Waals surface area contributed by atoms with Crippen LogP contribution in [0.25, 0.3) is 0 Å². The summed E-state index contributed by atoms with van der Waals surface area (Å²) in [7, 11) is 0. The molecule has 0 heterocycles. The highest BCUT2D eigenvalue weighted by molar-refractivity contribution is 5.77. The van der Waals surface area contributed by atoms with E-state index in [1.807, 2.05) is 0 Å². The molecule has 0 aromatic rings. The van der Waals surface area contributed by atoms with Crippen LogP contribution in [0.5, 0.6) is 0 Å². The molecular weight excluding hydrogens is 116 g/mol. The zero-order valence-corrected chi connectivity index (χ0v) is 5.37. The number of nitrogens with zero attached hydrogens (tertiary/aromatic N) is 1. The Labute approximate surface area is 54.3 Å². The van der Waals surface area contributed by atoms with E-state index in [0.29, 0.717) is 0 Å². The third-order valence-electron chi connectivity index (χ3n) is 0.929. The number of hydrogen-bond acceptors (Lipinski definition) is 2. The van der Waals surface area contributed by atoms with Crippen molar-refractivity contribution >= 4 is 12.6 Å². The molecule has 0 spiro atoms. The van der Waals surface area contributed by atoms with Crippen LogP contribution in [-0.2, 0) is 4.79 Å². The summed E-state index contributed by atoms with van der Waals surface area (Å²) in [4.78, 5) is 13.7. The van der Waals surface area contributed by atoms with Gasteiger partial charge in [0.05, 0.1) is 5.92 Å². The first-order chi connectivity index (χ1) is 4.18. The highest BCUT2D eigenvalue weighted by Crippen LogP contribution is 1.93. The highest BCUT2D eigenvalue weighted by atomic mass is 16.1. The fourth-order valence-electron chi connectivity index (χ4n) is 0.285. The first-order valence-electron chi connectivity index (χ1n) is 2.60. The van der Waals surface area contributed by atoms with E-state index in [-0.39, 0.29) is 11.8 Å². The molecule has 50 valence electrons. The predicted octanol–water partition coefficient (Wildman–Crippen LogP) is 0.322. The van der Waals surface area contributed by atoms with Gasteiger partial charge >= 0.3 is 0 Å². The number of aliphatic imine (C=N–C) groups is 1. The Hall–Kier alpha value is -1.12. The maximum atomic E-state index is 10.3. The van der Waals surface area contributed by atoms with E-state index >= 15 is 0 Å². The van der Waals surface area contributed by atoms with Crippen molar-refractivity contribution in [2.24, 2.45) is 16.6 Å². The molecule has 0 aliphatic rings. The van der Waals surface area contributed by atoms with Crippen LogP contribution in [0.15, 0.2) is 17.3 Å². The molecule has 3 heteroatoms. The predicted molar refractivity (Wildman–Crippen MR) is 37.0 cm³/mol. The van der Waals surface area contributed by atoms with Gasteiger partial charge in [-0.1, -0.05) is 13.0 Å². The number of hydrogen-bond donors (Lipinski definition) is 1. The monoisotopic (exact) mass is 126 g/mol. The topological polar surface area (TPSA) is 55.4 Å². The number of carbonyl (C=O) groups excluding carboxylic acids is 1. The van der Waals surface area contributed by atoms with Crippen molar-refractivity contribution in [1.29, 1.82) is 0 Å². The first-order valence-corrected chi connectivity index (χ1v) is 2.60. The van der Waals surface area contributed by atoms with Crippen molar-refractivity contribution in [2.45, 2.75) is 6.92 Å². The number of amides is 1. The van der Waals surface area contributed by atoms with E-state index < -0.39 is 0 Å². The van der Waals surface area contributed by atoms with Crippen LogP contribution >= 0.6 is 0 Å². The molecule has 1 atom stereocenters. The first kappa shape index (κ1) is 7.88. The van der Waals surface area contributed by atoms with E-state index in [0.717, 1.165) is 0 Å². The maximum absolute atomic E-state index is 10.3. The highest BCUT2D eigenvalue weighted by Gasteiger charge is 2.01. The molecule has 0 aromatic heterocycles. The van der Waals surface area contributed by atoms with Gasteiger partial charge in [0.2, 0.25) is 5.91 Å². The second-order valence-corrected chi connectivity index (χ2v) is 1.72. The number of carbonyl (C=O) groups is 1. The zero-order chi connectivity index (χ0) is 7.28. The lowest BCUT2D eigenvalue weighted by Gasteiger charge is -1.95.